The van der Waals surface area contributed by atoms with E-state index in [1.165, 1.54) is 36.8 Å². The lowest BCUT2D eigenvalue weighted by Gasteiger charge is -2.32. The Morgan fingerprint density at radius 1 is 0.966 bits per heavy atom. The van der Waals surface area contributed by atoms with Gasteiger partial charge in [0.1, 0.15) is 12.4 Å². The average Bonchev–Trinajstić information content (AvgIpc) is 3.27. The second kappa shape index (κ2) is 9.91. The molecule has 2 aliphatic rings. The molecular formula is C25H32N2O2. The molecule has 2 aromatic rings. The molecule has 0 radical (unpaired) electrons. The molecule has 0 spiro atoms. The summed E-state index contributed by atoms with van der Waals surface area (Å²) >= 11 is 0. The Morgan fingerprint density at radius 2 is 1.69 bits per heavy atom. The first-order valence-corrected chi connectivity index (χ1v) is 11.1. The van der Waals surface area contributed by atoms with Crippen LogP contribution in [-0.4, -0.2) is 28.9 Å². The van der Waals surface area contributed by atoms with Gasteiger partial charge in [0.15, 0.2) is 0 Å². The SMILES string of the molecule is O=C(CC1CCCC1)N1CCC(Cc2ccc(COc3cccnc3)cc2)CC1. The topological polar surface area (TPSA) is 42.4 Å². The molecular weight excluding hydrogens is 360 g/mol. The Balaban J connectivity index is 1.19. The lowest BCUT2D eigenvalue weighted by molar-refractivity contribution is -0.133. The van der Waals surface area contributed by atoms with Crippen LogP contribution in [0.4, 0.5) is 0 Å². The smallest absolute Gasteiger partial charge is 0.222 e. The number of aromatic nitrogens is 1. The Morgan fingerprint density at radius 3 is 2.38 bits per heavy atom. The fourth-order valence-corrected chi connectivity index (χ4v) is 4.68. The zero-order chi connectivity index (χ0) is 19.9. The summed E-state index contributed by atoms with van der Waals surface area (Å²) in [6.45, 7) is 2.44. The van der Waals surface area contributed by atoms with E-state index in [1.807, 2.05) is 12.1 Å². The van der Waals surface area contributed by atoms with Crippen LogP contribution in [-0.2, 0) is 17.8 Å². The van der Waals surface area contributed by atoms with Gasteiger partial charge in [0.25, 0.3) is 0 Å². The minimum atomic E-state index is 0.397. The third-order valence-corrected chi connectivity index (χ3v) is 6.49. The largest absolute Gasteiger partial charge is 0.487 e. The first-order valence-electron chi connectivity index (χ1n) is 11.1. The van der Waals surface area contributed by atoms with Gasteiger partial charge in [-0.2, -0.15) is 0 Å². The predicted octanol–water partition coefficient (Wildman–Crippen LogP) is 5.02. The van der Waals surface area contributed by atoms with Gasteiger partial charge < -0.3 is 9.64 Å². The van der Waals surface area contributed by atoms with Crippen molar-refractivity contribution in [2.45, 2.75) is 58.0 Å². The standard InChI is InChI=1S/C25H32N2O2/c28-25(17-20-4-1-2-5-20)27-14-11-22(12-15-27)16-21-7-9-23(10-8-21)19-29-24-6-3-13-26-18-24/h3,6-10,13,18,20,22H,1-2,4-5,11-12,14-17,19H2. The molecule has 1 aromatic carbocycles. The van der Waals surface area contributed by atoms with Crippen molar-refractivity contribution in [1.82, 2.24) is 9.88 Å². The normalized spacial score (nSPS) is 18.1. The molecule has 0 atom stereocenters. The minimum Gasteiger partial charge on any atom is -0.487 e. The first kappa shape index (κ1) is 19.9. The summed E-state index contributed by atoms with van der Waals surface area (Å²) in [4.78, 5) is 18.7. The zero-order valence-corrected chi connectivity index (χ0v) is 17.3. The summed E-state index contributed by atoms with van der Waals surface area (Å²) in [5.41, 5.74) is 2.55. The van der Waals surface area contributed by atoms with Crippen molar-refractivity contribution in [3.63, 3.8) is 0 Å². The molecule has 2 heterocycles. The number of hydrogen-bond acceptors (Lipinski definition) is 3. The van der Waals surface area contributed by atoms with Crippen molar-refractivity contribution in [3.8, 4) is 5.75 Å². The van der Waals surface area contributed by atoms with E-state index in [-0.39, 0.29) is 0 Å². The number of pyridine rings is 1. The monoisotopic (exact) mass is 392 g/mol. The van der Waals surface area contributed by atoms with Crippen LogP contribution in [0.1, 0.15) is 56.1 Å². The average molecular weight is 393 g/mol. The van der Waals surface area contributed by atoms with Gasteiger partial charge in [0, 0.05) is 25.7 Å². The number of carbonyl (C=O) groups is 1. The number of ether oxygens (including phenoxy) is 1. The maximum Gasteiger partial charge on any atom is 0.222 e. The maximum atomic E-state index is 12.5. The van der Waals surface area contributed by atoms with Crippen molar-refractivity contribution < 1.29 is 9.53 Å². The van der Waals surface area contributed by atoms with E-state index in [9.17, 15) is 4.79 Å². The molecule has 1 saturated heterocycles. The number of benzene rings is 1. The van der Waals surface area contributed by atoms with Crippen LogP contribution in [0, 0.1) is 11.8 Å². The molecule has 4 rings (SSSR count). The Labute approximate surface area is 174 Å². The van der Waals surface area contributed by atoms with Crippen LogP contribution in [0.15, 0.2) is 48.8 Å². The van der Waals surface area contributed by atoms with Crippen molar-refractivity contribution in [2.75, 3.05) is 13.1 Å². The molecule has 1 aromatic heterocycles. The van der Waals surface area contributed by atoms with Crippen molar-refractivity contribution in [3.05, 3.63) is 59.9 Å². The van der Waals surface area contributed by atoms with Crippen LogP contribution in [0.3, 0.4) is 0 Å². The second-order valence-electron chi connectivity index (χ2n) is 8.68. The minimum absolute atomic E-state index is 0.397. The highest BCUT2D eigenvalue weighted by atomic mass is 16.5. The molecule has 154 valence electrons. The summed E-state index contributed by atoms with van der Waals surface area (Å²) in [7, 11) is 0. The van der Waals surface area contributed by atoms with Crippen LogP contribution >= 0.6 is 0 Å². The number of rotatable bonds is 7. The Kier molecular flexibility index (Phi) is 6.81. The highest BCUT2D eigenvalue weighted by Crippen LogP contribution is 2.29. The van der Waals surface area contributed by atoms with Gasteiger partial charge in [-0.25, -0.2) is 0 Å². The highest BCUT2D eigenvalue weighted by molar-refractivity contribution is 5.76. The fourth-order valence-electron chi connectivity index (χ4n) is 4.68. The molecule has 1 aliphatic heterocycles. The third-order valence-electron chi connectivity index (χ3n) is 6.49. The van der Waals surface area contributed by atoms with Gasteiger partial charge in [0.05, 0.1) is 6.20 Å². The van der Waals surface area contributed by atoms with Crippen LogP contribution in [0.5, 0.6) is 5.75 Å². The molecule has 1 saturated carbocycles. The van der Waals surface area contributed by atoms with E-state index in [0.717, 1.165) is 44.5 Å². The molecule has 1 aliphatic carbocycles. The summed E-state index contributed by atoms with van der Waals surface area (Å²) < 4.78 is 5.76. The molecule has 2 fully saturated rings. The van der Waals surface area contributed by atoms with Gasteiger partial charge in [0.2, 0.25) is 5.91 Å². The Bertz CT molecular complexity index is 761. The van der Waals surface area contributed by atoms with Gasteiger partial charge in [-0.15, -0.1) is 0 Å². The lowest BCUT2D eigenvalue weighted by atomic mass is 9.89. The molecule has 0 unspecified atom stereocenters. The van der Waals surface area contributed by atoms with E-state index < -0.39 is 0 Å². The van der Waals surface area contributed by atoms with Gasteiger partial charge in [-0.3, -0.25) is 9.78 Å². The molecule has 29 heavy (non-hydrogen) atoms. The quantitative estimate of drug-likeness (QED) is 0.664. The number of nitrogens with zero attached hydrogens (tertiary/aromatic N) is 2. The molecule has 1 amide bonds. The molecule has 4 heteroatoms. The Hall–Kier alpha value is -2.36. The molecule has 4 nitrogen and oxygen atoms in total. The van der Waals surface area contributed by atoms with E-state index in [1.54, 1.807) is 12.4 Å². The summed E-state index contributed by atoms with van der Waals surface area (Å²) in [5, 5.41) is 0. The number of likely N-dealkylation sites (tertiary alicyclic amines) is 1. The number of piperidine rings is 1. The highest BCUT2D eigenvalue weighted by Gasteiger charge is 2.26. The first-order chi connectivity index (χ1) is 14.3. The third kappa shape index (κ3) is 5.81. The van der Waals surface area contributed by atoms with Gasteiger partial charge >= 0.3 is 0 Å². The van der Waals surface area contributed by atoms with Crippen molar-refractivity contribution >= 4 is 5.91 Å². The van der Waals surface area contributed by atoms with Crippen LogP contribution in [0.2, 0.25) is 0 Å². The number of carbonyl (C=O) groups excluding carboxylic acids is 1. The number of amides is 1. The zero-order valence-electron chi connectivity index (χ0n) is 17.3. The molecule has 0 N–H and O–H groups in total. The van der Waals surface area contributed by atoms with E-state index in [2.05, 4.69) is 34.1 Å². The fraction of sp³-hybridized carbons (Fsp3) is 0.520. The summed E-state index contributed by atoms with van der Waals surface area (Å²) in [5.74, 6) is 2.53. The summed E-state index contributed by atoms with van der Waals surface area (Å²) in [6, 6.07) is 12.6. The van der Waals surface area contributed by atoms with E-state index in [0.29, 0.717) is 24.3 Å². The maximum absolute atomic E-state index is 12.5. The van der Waals surface area contributed by atoms with Crippen LogP contribution in [0.25, 0.3) is 0 Å². The van der Waals surface area contributed by atoms with Crippen molar-refractivity contribution in [2.24, 2.45) is 11.8 Å². The van der Waals surface area contributed by atoms with Gasteiger partial charge in [-0.1, -0.05) is 37.1 Å². The van der Waals surface area contributed by atoms with E-state index in [4.69, 9.17) is 4.74 Å². The second-order valence-corrected chi connectivity index (χ2v) is 8.68. The number of hydrogen-bond donors (Lipinski definition) is 0. The molecule has 0 bridgehead atoms. The van der Waals surface area contributed by atoms with E-state index >= 15 is 0 Å². The van der Waals surface area contributed by atoms with Crippen LogP contribution < -0.4 is 4.74 Å². The van der Waals surface area contributed by atoms with Crippen molar-refractivity contribution in [1.29, 1.82) is 0 Å². The summed E-state index contributed by atoms with van der Waals surface area (Å²) in [6.07, 6.45) is 12.8. The lowest BCUT2D eigenvalue weighted by Crippen LogP contribution is -2.39. The predicted molar refractivity (Wildman–Crippen MR) is 115 cm³/mol. The van der Waals surface area contributed by atoms with Gasteiger partial charge in [-0.05, 0) is 67.2 Å².